The van der Waals surface area contributed by atoms with Crippen LogP contribution in [0.2, 0.25) is 0 Å². The van der Waals surface area contributed by atoms with E-state index in [4.69, 9.17) is 0 Å². The Morgan fingerprint density at radius 1 is 1.05 bits per heavy atom. The molecular weight excluding hydrogens is 569 g/mol. The number of aromatic hydroxyl groups is 2. The number of pyridine rings is 1. The lowest BCUT2D eigenvalue weighted by Crippen LogP contribution is -2.30. The number of rotatable bonds is 9. The number of hydrogen-bond donors (Lipinski definition) is 3. The van der Waals surface area contributed by atoms with Crippen LogP contribution in [-0.2, 0) is 23.1 Å². The number of carbonyl (C=O) groups is 1. The summed E-state index contributed by atoms with van der Waals surface area (Å²) in [5.41, 5.74) is 3.48. The molecule has 0 fully saturated rings. The lowest BCUT2D eigenvalue weighted by atomic mass is 10.1. The Balaban J connectivity index is 1.40. The second-order valence-corrected chi connectivity index (χ2v) is 12.4. The predicted octanol–water partition coefficient (Wildman–Crippen LogP) is 5.31. The lowest BCUT2D eigenvalue weighted by Gasteiger charge is -2.23. The molecule has 0 bridgehead atoms. The molecule has 0 saturated heterocycles. The Morgan fingerprint density at radius 3 is 2.50 bits per heavy atom. The predicted molar refractivity (Wildman–Crippen MR) is 155 cm³/mol. The summed E-state index contributed by atoms with van der Waals surface area (Å²) in [6, 6.07) is 16.3. The van der Waals surface area contributed by atoms with Crippen LogP contribution in [0.5, 0.6) is 11.5 Å². The van der Waals surface area contributed by atoms with Gasteiger partial charge < -0.3 is 15.1 Å². The fraction of sp³-hybridized carbons (Fsp3) is 0.107. The van der Waals surface area contributed by atoms with Crippen molar-refractivity contribution in [1.82, 2.24) is 14.1 Å². The standard InChI is InChI=1S/C28H24N4O5S3/c1-18-11-24(40(36,37)31-14-23-3-2-10-38-23)15-29-27(18)20-4-6-21(7-5-20)32(16-19-13-30-39-17-19)28(35)25-9-8-22(33)12-26(25)34/h2-13,15,17,31,33-34H,14,16H2,1H3. The number of hydrogen-bond acceptors (Lipinski definition) is 9. The monoisotopic (exact) mass is 592 g/mol. The highest BCUT2D eigenvalue weighted by atomic mass is 32.2. The lowest BCUT2D eigenvalue weighted by molar-refractivity contribution is 0.0982. The fourth-order valence-electron chi connectivity index (χ4n) is 4.07. The number of benzene rings is 2. The first-order chi connectivity index (χ1) is 19.2. The van der Waals surface area contributed by atoms with E-state index < -0.39 is 15.9 Å². The molecule has 2 aromatic carbocycles. The molecule has 0 radical (unpaired) electrons. The summed E-state index contributed by atoms with van der Waals surface area (Å²) >= 11 is 2.75. The molecule has 204 valence electrons. The Morgan fingerprint density at radius 2 is 1.85 bits per heavy atom. The smallest absolute Gasteiger partial charge is 0.262 e. The first kappa shape index (κ1) is 27.5. The first-order valence-electron chi connectivity index (χ1n) is 12.0. The number of aromatic nitrogens is 2. The maximum atomic E-state index is 13.5. The molecule has 5 aromatic rings. The van der Waals surface area contributed by atoms with Gasteiger partial charge in [-0.25, -0.2) is 17.5 Å². The minimum Gasteiger partial charge on any atom is -0.508 e. The topological polar surface area (TPSA) is 133 Å². The largest absolute Gasteiger partial charge is 0.508 e. The van der Waals surface area contributed by atoms with Crippen molar-refractivity contribution >= 4 is 44.5 Å². The number of nitrogens with one attached hydrogen (secondary N) is 1. The van der Waals surface area contributed by atoms with Gasteiger partial charge in [-0.1, -0.05) is 18.2 Å². The molecule has 0 atom stereocenters. The van der Waals surface area contributed by atoms with Crippen LogP contribution in [0, 0.1) is 6.92 Å². The average molecular weight is 593 g/mol. The van der Waals surface area contributed by atoms with Gasteiger partial charge in [0.1, 0.15) is 16.4 Å². The van der Waals surface area contributed by atoms with Crippen LogP contribution in [0.25, 0.3) is 11.3 Å². The first-order valence-corrected chi connectivity index (χ1v) is 15.2. The Kier molecular flexibility index (Phi) is 7.94. The maximum absolute atomic E-state index is 13.5. The van der Waals surface area contributed by atoms with Crippen LogP contribution in [0.15, 0.2) is 88.7 Å². The van der Waals surface area contributed by atoms with E-state index in [-0.39, 0.29) is 35.0 Å². The molecule has 3 heterocycles. The number of sulfonamides is 1. The van der Waals surface area contributed by atoms with E-state index in [1.807, 2.05) is 22.9 Å². The van der Waals surface area contributed by atoms with Crippen molar-refractivity contribution in [2.75, 3.05) is 4.90 Å². The Bertz CT molecular complexity index is 1740. The van der Waals surface area contributed by atoms with Crippen LogP contribution < -0.4 is 9.62 Å². The number of phenolic OH excluding ortho intramolecular Hbond substituents is 2. The van der Waals surface area contributed by atoms with Gasteiger partial charge in [-0.05, 0) is 65.8 Å². The number of aryl methyl sites for hydroxylation is 1. The normalized spacial score (nSPS) is 11.4. The van der Waals surface area contributed by atoms with E-state index in [9.17, 15) is 23.4 Å². The van der Waals surface area contributed by atoms with Crippen LogP contribution in [0.3, 0.4) is 0 Å². The van der Waals surface area contributed by atoms with Crippen molar-refractivity contribution in [3.63, 3.8) is 0 Å². The van der Waals surface area contributed by atoms with Crippen molar-refractivity contribution in [2.45, 2.75) is 24.9 Å². The summed E-state index contributed by atoms with van der Waals surface area (Å²) in [6.45, 7) is 2.22. The van der Waals surface area contributed by atoms with E-state index in [0.29, 0.717) is 16.9 Å². The van der Waals surface area contributed by atoms with Gasteiger partial charge in [-0.2, -0.15) is 0 Å². The maximum Gasteiger partial charge on any atom is 0.262 e. The van der Waals surface area contributed by atoms with Gasteiger partial charge in [0.25, 0.3) is 5.91 Å². The zero-order chi connectivity index (χ0) is 28.3. The summed E-state index contributed by atoms with van der Waals surface area (Å²) in [5.74, 6) is -0.919. The van der Waals surface area contributed by atoms with E-state index in [1.54, 1.807) is 43.5 Å². The van der Waals surface area contributed by atoms with Gasteiger partial charge in [-0.3, -0.25) is 9.78 Å². The third-order valence-corrected chi connectivity index (χ3v) is 8.99. The van der Waals surface area contributed by atoms with E-state index in [1.165, 1.54) is 46.1 Å². The van der Waals surface area contributed by atoms with Crippen molar-refractivity contribution < 1.29 is 23.4 Å². The molecule has 0 aliphatic rings. The third kappa shape index (κ3) is 6.05. The van der Waals surface area contributed by atoms with E-state index >= 15 is 0 Å². The minimum atomic E-state index is -3.73. The summed E-state index contributed by atoms with van der Waals surface area (Å²) in [7, 11) is -3.73. The summed E-state index contributed by atoms with van der Waals surface area (Å²) in [6.07, 6.45) is 3.01. The van der Waals surface area contributed by atoms with Gasteiger partial charge >= 0.3 is 0 Å². The second-order valence-electron chi connectivity index (χ2n) is 8.91. The number of amides is 1. The molecule has 40 heavy (non-hydrogen) atoms. The summed E-state index contributed by atoms with van der Waals surface area (Å²) in [5, 5.41) is 23.7. The zero-order valence-corrected chi connectivity index (χ0v) is 23.6. The fourth-order valence-corrected chi connectivity index (χ4v) is 6.37. The molecule has 5 rings (SSSR count). The van der Waals surface area contributed by atoms with Crippen LogP contribution >= 0.6 is 22.9 Å². The zero-order valence-electron chi connectivity index (χ0n) is 21.2. The number of carbonyl (C=O) groups excluding carboxylic acids is 1. The highest BCUT2D eigenvalue weighted by Gasteiger charge is 2.22. The molecule has 0 saturated carbocycles. The highest BCUT2D eigenvalue weighted by Crippen LogP contribution is 2.30. The van der Waals surface area contributed by atoms with Crippen LogP contribution in [0.1, 0.15) is 26.4 Å². The van der Waals surface area contributed by atoms with Gasteiger partial charge in [0.05, 0.1) is 17.8 Å². The molecular formula is C28H24N4O5S3. The molecule has 1 amide bonds. The van der Waals surface area contributed by atoms with Gasteiger partial charge in [0, 0.05) is 52.1 Å². The Labute approximate surface area is 239 Å². The summed E-state index contributed by atoms with van der Waals surface area (Å²) in [4.78, 5) is 20.4. The van der Waals surface area contributed by atoms with Crippen LogP contribution in [0.4, 0.5) is 5.69 Å². The molecule has 3 aromatic heterocycles. The molecule has 9 nitrogen and oxygen atoms in total. The number of thiophene rings is 1. The van der Waals surface area contributed by atoms with Gasteiger partial charge in [0.15, 0.2) is 0 Å². The number of anilines is 1. The Hall–Kier alpha value is -4.10. The number of phenols is 2. The van der Waals surface area contributed by atoms with E-state index in [2.05, 4.69) is 14.1 Å². The second kappa shape index (κ2) is 11.6. The van der Waals surface area contributed by atoms with Crippen molar-refractivity contribution in [3.8, 4) is 22.8 Å². The average Bonchev–Trinajstić information content (AvgIpc) is 3.65. The SMILES string of the molecule is Cc1cc(S(=O)(=O)NCc2cccs2)cnc1-c1ccc(N(Cc2cnsc2)C(=O)c2ccc(O)cc2O)cc1. The molecule has 3 N–H and O–H groups in total. The molecule has 0 spiro atoms. The van der Waals surface area contributed by atoms with Crippen molar-refractivity contribution in [2.24, 2.45) is 0 Å². The molecule has 0 aliphatic carbocycles. The number of nitrogens with zero attached hydrogens (tertiary/aromatic N) is 3. The third-order valence-electron chi connectivity index (χ3n) is 6.11. The summed E-state index contributed by atoms with van der Waals surface area (Å²) < 4.78 is 32.3. The molecule has 0 unspecified atom stereocenters. The molecule has 0 aliphatic heterocycles. The van der Waals surface area contributed by atoms with Gasteiger partial charge in [0.2, 0.25) is 10.0 Å². The van der Waals surface area contributed by atoms with Crippen molar-refractivity contribution in [1.29, 1.82) is 0 Å². The van der Waals surface area contributed by atoms with Crippen LogP contribution in [-0.4, -0.2) is 33.9 Å². The van der Waals surface area contributed by atoms with Crippen molar-refractivity contribution in [3.05, 3.63) is 105 Å². The minimum absolute atomic E-state index is 0.0482. The highest BCUT2D eigenvalue weighted by molar-refractivity contribution is 7.89. The van der Waals surface area contributed by atoms with Gasteiger partial charge in [-0.15, -0.1) is 11.3 Å². The molecule has 12 heteroatoms. The van der Waals surface area contributed by atoms with E-state index in [0.717, 1.165) is 22.1 Å². The quantitative estimate of drug-likeness (QED) is 0.211.